The lowest BCUT2D eigenvalue weighted by atomic mass is 10.4. The molecule has 114 valence electrons. The molecule has 0 spiro atoms. The molecule has 0 amide bonds. The maximum Gasteiger partial charge on any atom is 0.333 e. The van der Waals surface area contributed by atoms with E-state index in [1.54, 1.807) is 7.05 Å². The fourth-order valence-electron chi connectivity index (χ4n) is 1.95. The zero-order valence-corrected chi connectivity index (χ0v) is 13.3. The van der Waals surface area contributed by atoms with Crippen LogP contribution in [0.25, 0.3) is 11.2 Å². The van der Waals surface area contributed by atoms with Crippen molar-refractivity contribution in [1.29, 1.82) is 0 Å². The Morgan fingerprint density at radius 1 is 1.38 bits per heavy atom. The molecule has 0 N–H and O–H groups in total. The van der Waals surface area contributed by atoms with Gasteiger partial charge in [-0.2, -0.15) is 0 Å². The SMILES string of the molecule is Cn1cnc2c1c(=O)n(CC(=O)OCCCBr)c(=O)n2C. The first-order chi connectivity index (χ1) is 9.97. The van der Waals surface area contributed by atoms with Gasteiger partial charge < -0.3 is 9.30 Å². The smallest absolute Gasteiger partial charge is 0.333 e. The van der Waals surface area contributed by atoms with Gasteiger partial charge in [-0.15, -0.1) is 0 Å². The van der Waals surface area contributed by atoms with Crippen LogP contribution in [0.15, 0.2) is 15.9 Å². The molecule has 0 atom stereocenters. The minimum Gasteiger partial charge on any atom is -0.464 e. The first-order valence-corrected chi connectivity index (χ1v) is 7.42. The molecule has 21 heavy (non-hydrogen) atoms. The van der Waals surface area contributed by atoms with Crippen LogP contribution >= 0.6 is 15.9 Å². The summed E-state index contributed by atoms with van der Waals surface area (Å²) in [6.07, 6.45) is 2.11. The molecule has 0 unspecified atom stereocenters. The van der Waals surface area contributed by atoms with Gasteiger partial charge in [0.25, 0.3) is 5.56 Å². The Bertz CT molecular complexity index is 789. The standard InChI is InChI=1S/C12H15BrN4O4/c1-15-7-14-10-9(15)11(19)17(12(20)16(10)2)6-8(18)21-5-3-4-13/h7H,3-6H2,1-2H3. The fraction of sp³-hybridized carbons (Fsp3) is 0.500. The summed E-state index contributed by atoms with van der Waals surface area (Å²) < 4.78 is 8.58. The average molecular weight is 359 g/mol. The van der Waals surface area contributed by atoms with E-state index in [1.807, 2.05) is 0 Å². The van der Waals surface area contributed by atoms with E-state index in [0.717, 1.165) is 4.57 Å². The van der Waals surface area contributed by atoms with Crippen LogP contribution in [0.5, 0.6) is 0 Å². The summed E-state index contributed by atoms with van der Waals surface area (Å²) in [4.78, 5) is 40.2. The largest absolute Gasteiger partial charge is 0.464 e. The maximum atomic E-state index is 12.3. The van der Waals surface area contributed by atoms with Gasteiger partial charge in [-0.1, -0.05) is 15.9 Å². The summed E-state index contributed by atoms with van der Waals surface area (Å²) >= 11 is 3.22. The Labute approximate surface area is 128 Å². The predicted molar refractivity (Wildman–Crippen MR) is 79.6 cm³/mol. The summed E-state index contributed by atoms with van der Waals surface area (Å²) in [6, 6.07) is 0. The van der Waals surface area contributed by atoms with Gasteiger partial charge in [-0.05, 0) is 6.42 Å². The van der Waals surface area contributed by atoms with E-state index in [4.69, 9.17) is 4.74 Å². The van der Waals surface area contributed by atoms with Crippen LogP contribution in [-0.2, 0) is 30.2 Å². The molecule has 9 heteroatoms. The molecule has 2 rings (SSSR count). The number of esters is 1. The lowest BCUT2D eigenvalue weighted by Gasteiger charge is -2.08. The van der Waals surface area contributed by atoms with E-state index < -0.39 is 23.8 Å². The lowest BCUT2D eigenvalue weighted by molar-refractivity contribution is -0.144. The molecular formula is C12H15BrN4O4. The van der Waals surface area contributed by atoms with E-state index >= 15 is 0 Å². The first kappa shape index (κ1) is 15.5. The van der Waals surface area contributed by atoms with Crippen molar-refractivity contribution < 1.29 is 9.53 Å². The topological polar surface area (TPSA) is 88.1 Å². The number of carbonyl (C=O) groups excluding carboxylic acids is 1. The number of hydrogen-bond donors (Lipinski definition) is 0. The zero-order chi connectivity index (χ0) is 15.6. The van der Waals surface area contributed by atoms with Gasteiger partial charge in [0, 0.05) is 19.4 Å². The lowest BCUT2D eigenvalue weighted by Crippen LogP contribution is -2.41. The van der Waals surface area contributed by atoms with E-state index in [0.29, 0.717) is 11.8 Å². The number of halogens is 1. The van der Waals surface area contributed by atoms with Gasteiger partial charge in [0.1, 0.15) is 6.54 Å². The second kappa shape index (κ2) is 6.25. The van der Waals surface area contributed by atoms with Crippen molar-refractivity contribution in [2.75, 3.05) is 11.9 Å². The molecule has 2 heterocycles. The number of alkyl halides is 1. The van der Waals surface area contributed by atoms with Gasteiger partial charge >= 0.3 is 11.7 Å². The van der Waals surface area contributed by atoms with Crippen molar-refractivity contribution in [2.24, 2.45) is 14.1 Å². The van der Waals surface area contributed by atoms with E-state index in [1.165, 1.54) is 22.5 Å². The fourth-order valence-corrected chi connectivity index (χ4v) is 2.18. The highest BCUT2D eigenvalue weighted by molar-refractivity contribution is 9.09. The second-order valence-electron chi connectivity index (χ2n) is 4.52. The molecule has 0 saturated heterocycles. The first-order valence-electron chi connectivity index (χ1n) is 6.29. The summed E-state index contributed by atoms with van der Waals surface area (Å²) in [5.74, 6) is -0.614. The third-order valence-electron chi connectivity index (χ3n) is 3.03. The molecule has 8 nitrogen and oxygen atoms in total. The molecule has 0 bridgehead atoms. The Balaban J connectivity index is 2.40. The zero-order valence-electron chi connectivity index (χ0n) is 11.7. The molecule has 0 aliphatic carbocycles. The Morgan fingerprint density at radius 2 is 2.10 bits per heavy atom. The third kappa shape index (κ3) is 2.92. The van der Waals surface area contributed by atoms with Crippen molar-refractivity contribution in [2.45, 2.75) is 13.0 Å². The van der Waals surface area contributed by atoms with Crippen molar-refractivity contribution in [1.82, 2.24) is 18.7 Å². The van der Waals surface area contributed by atoms with Crippen LogP contribution in [0.2, 0.25) is 0 Å². The number of carbonyl (C=O) groups is 1. The molecule has 0 saturated carbocycles. The highest BCUT2D eigenvalue weighted by Gasteiger charge is 2.17. The molecule has 2 aromatic rings. The molecule has 0 aromatic carbocycles. The van der Waals surface area contributed by atoms with Crippen LogP contribution in [0, 0.1) is 0 Å². The van der Waals surface area contributed by atoms with Crippen molar-refractivity contribution in [3.8, 4) is 0 Å². The Kier molecular flexibility index (Phi) is 4.61. The third-order valence-corrected chi connectivity index (χ3v) is 3.59. The van der Waals surface area contributed by atoms with E-state index in [2.05, 4.69) is 20.9 Å². The Morgan fingerprint density at radius 3 is 2.76 bits per heavy atom. The van der Waals surface area contributed by atoms with Crippen LogP contribution in [0.1, 0.15) is 6.42 Å². The van der Waals surface area contributed by atoms with Crippen molar-refractivity contribution >= 4 is 33.1 Å². The maximum absolute atomic E-state index is 12.3. The summed E-state index contributed by atoms with van der Waals surface area (Å²) in [5, 5.41) is 0.711. The summed E-state index contributed by atoms with van der Waals surface area (Å²) in [7, 11) is 3.16. The normalized spacial score (nSPS) is 11.0. The molecular weight excluding hydrogens is 344 g/mol. The number of nitrogens with zero attached hydrogens (tertiary/aromatic N) is 4. The van der Waals surface area contributed by atoms with Crippen molar-refractivity contribution in [3.63, 3.8) is 0 Å². The molecule has 0 fully saturated rings. The minimum atomic E-state index is -0.614. The molecule has 2 aromatic heterocycles. The number of ether oxygens (including phenoxy) is 1. The molecule has 0 aliphatic rings. The second-order valence-corrected chi connectivity index (χ2v) is 5.32. The number of aromatic nitrogens is 4. The Hall–Kier alpha value is -1.90. The average Bonchev–Trinajstić information content (AvgIpc) is 2.84. The van der Waals surface area contributed by atoms with Crippen LogP contribution in [0.4, 0.5) is 0 Å². The molecule has 0 radical (unpaired) electrons. The van der Waals surface area contributed by atoms with Gasteiger partial charge in [-0.25, -0.2) is 14.3 Å². The van der Waals surface area contributed by atoms with Crippen LogP contribution in [-0.4, -0.2) is 36.6 Å². The highest BCUT2D eigenvalue weighted by atomic mass is 79.9. The van der Waals surface area contributed by atoms with Gasteiger partial charge in [0.2, 0.25) is 0 Å². The van der Waals surface area contributed by atoms with Gasteiger partial charge in [-0.3, -0.25) is 14.2 Å². The number of rotatable bonds is 5. The highest BCUT2D eigenvalue weighted by Crippen LogP contribution is 2.02. The van der Waals surface area contributed by atoms with Gasteiger partial charge in [0.15, 0.2) is 11.2 Å². The van der Waals surface area contributed by atoms with Crippen molar-refractivity contribution in [3.05, 3.63) is 27.2 Å². The number of aryl methyl sites for hydroxylation is 2. The monoisotopic (exact) mass is 358 g/mol. The summed E-state index contributed by atoms with van der Waals surface area (Å²) in [5.41, 5.74) is -0.587. The van der Waals surface area contributed by atoms with Gasteiger partial charge in [0.05, 0.1) is 12.9 Å². The van der Waals surface area contributed by atoms with Crippen LogP contribution in [0.3, 0.4) is 0 Å². The number of fused-ring (bicyclic) bond motifs is 1. The minimum absolute atomic E-state index is 0.243. The quantitative estimate of drug-likeness (QED) is 0.418. The number of imidazole rings is 1. The molecule has 0 aliphatic heterocycles. The van der Waals surface area contributed by atoms with E-state index in [9.17, 15) is 14.4 Å². The summed E-state index contributed by atoms with van der Waals surface area (Å²) in [6.45, 7) is -0.165. The predicted octanol–water partition coefficient (Wildman–Crippen LogP) is -0.238. The van der Waals surface area contributed by atoms with E-state index in [-0.39, 0.29) is 17.8 Å². The number of hydrogen-bond acceptors (Lipinski definition) is 5. The van der Waals surface area contributed by atoms with Crippen LogP contribution < -0.4 is 11.2 Å².